The van der Waals surface area contributed by atoms with Crippen molar-refractivity contribution in [2.45, 2.75) is 84.5 Å². The molecule has 0 aliphatic rings. The van der Waals surface area contributed by atoms with Gasteiger partial charge in [0.2, 0.25) is 0 Å². The Kier molecular flexibility index (Phi) is 14.5. The van der Waals surface area contributed by atoms with Crippen LogP contribution in [0.2, 0.25) is 51.4 Å². The fourth-order valence-corrected chi connectivity index (χ4v) is 17.1. The van der Waals surface area contributed by atoms with E-state index in [1.165, 1.54) is 5.57 Å². The predicted octanol–water partition coefficient (Wildman–Crippen LogP) is 5.41. The summed E-state index contributed by atoms with van der Waals surface area (Å²) in [5.41, 5.74) is 1.68. The summed E-state index contributed by atoms with van der Waals surface area (Å²) >= 11 is 0. The minimum absolute atomic E-state index is 0.250. The molecule has 0 rings (SSSR count). The molecule has 0 bridgehead atoms. The second kappa shape index (κ2) is 14.0. The highest BCUT2D eigenvalue weighted by molar-refractivity contribution is 6.87. The molecular formula is C20H40O6Si3. The van der Waals surface area contributed by atoms with E-state index in [0.29, 0.717) is 12.2 Å². The molecule has 0 spiro atoms. The molecule has 0 radical (unpaired) electrons. The van der Waals surface area contributed by atoms with E-state index in [9.17, 15) is 4.79 Å². The van der Waals surface area contributed by atoms with E-state index in [1.807, 2.05) is 0 Å². The van der Waals surface area contributed by atoms with Crippen molar-refractivity contribution in [3.8, 4) is 0 Å². The first-order valence-electron chi connectivity index (χ1n) is 9.94. The van der Waals surface area contributed by atoms with Gasteiger partial charge in [0.1, 0.15) is 0 Å². The number of hydrogen-bond acceptors (Lipinski definition) is 6. The third-order valence-corrected chi connectivity index (χ3v) is 15.4. The minimum Gasteiger partial charge on any atom is -0.462 e. The van der Waals surface area contributed by atoms with E-state index in [0.717, 1.165) is 31.4 Å². The summed E-state index contributed by atoms with van der Waals surface area (Å²) < 4.78 is 18.3. The molecule has 0 aliphatic heterocycles. The average molecular weight is 461 g/mol. The summed E-state index contributed by atoms with van der Waals surface area (Å²) in [7, 11) is -5.76. The lowest BCUT2D eigenvalue weighted by molar-refractivity contribution is -0.191. The van der Waals surface area contributed by atoms with Crippen molar-refractivity contribution < 1.29 is 27.4 Å². The topological polar surface area (TPSA) is 78.9 Å². The Morgan fingerprint density at radius 3 is 1.66 bits per heavy atom. The maximum absolute atomic E-state index is 11.4. The Bertz CT molecular complexity index is 579. The van der Waals surface area contributed by atoms with Gasteiger partial charge in [-0.3, -0.25) is 0 Å². The number of carbonyl (C=O) groups is 1. The van der Waals surface area contributed by atoms with Gasteiger partial charge in [0.05, 0.1) is 6.61 Å². The molecule has 0 saturated heterocycles. The SMILES string of the molecule is C=C(C)CCC[Si](C)(C)O[Si](C)(C)O[Si](C)(C)CCCOC(=O)C(=C)C.O=C=O. The lowest BCUT2D eigenvalue weighted by Crippen LogP contribution is -2.52. The van der Waals surface area contributed by atoms with Gasteiger partial charge in [-0.1, -0.05) is 12.2 Å². The van der Waals surface area contributed by atoms with Crippen molar-refractivity contribution in [3.63, 3.8) is 0 Å². The van der Waals surface area contributed by atoms with E-state index in [1.54, 1.807) is 6.92 Å². The fraction of sp³-hybridized carbons (Fsp3) is 0.700. The largest absolute Gasteiger partial charge is 0.462 e. The molecule has 29 heavy (non-hydrogen) atoms. The van der Waals surface area contributed by atoms with Crippen LogP contribution in [-0.2, 0) is 27.4 Å². The molecule has 0 aromatic heterocycles. The van der Waals surface area contributed by atoms with Gasteiger partial charge in [0.15, 0.2) is 16.6 Å². The Balaban J connectivity index is 0. The van der Waals surface area contributed by atoms with Crippen LogP contribution in [0.3, 0.4) is 0 Å². The Morgan fingerprint density at radius 2 is 1.28 bits per heavy atom. The highest BCUT2D eigenvalue weighted by atomic mass is 28.5. The lowest BCUT2D eigenvalue weighted by Gasteiger charge is -2.38. The molecule has 0 atom stereocenters. The van der Waals surface area contributed by atoms with Crippen LogP contribution in [0.1, 0.15) is 33.1 Å². The fourth-order valence-electron chi connectivity index (χ4n) is 3.06. The van der Waals surface area contributed by atoms with E-state index in [-0.39, 0.29) is 12.1 Å². The number of allylic oxidation sites excluding steroid dienone is 1. The van der Waals surface area contributed by atoms with E-state index < -0.39 is 25.2 Å². The van der Waals surface area contributed by atoms with Gasteiger partial charge >= 0.3 is 20.7 Å². The quantitative estimate of drug-likeness (QED) is 0.120. The Hall–Kier alpha value is -1.10. The predicted molar refractivity (Wildman–Crippen MR) is 124 cm³/mol. The van der Waals surface area contributed by atoms with Crippen LogP contribution >= 0.6 is 0 Å². The highest BCUT2D eigenvalue weighted by Crippen LogP contribution is 2.26. The van der Waals surface area contributed by atoms with E-state index in [4.69, 9.17) is 22.6 Å². The van der Waals surface area contributed by atoms with Gasteiger partial charge in [-0.25, -0.2) is 4.79 Å². The van der Waals surface area contributed by atoms with E-state index in [2.05, 4.69) is 59.4 Å². The van der Waals surface area contributed by atoms with Crippen LogP contribution in [-0.4, -0.2) is 43.9 Å². The van der Waals surface area contributed by atoms with Gasteiger partial charge in [-0.15, -0.1) is 6.58 Å². The normalized spacial score (nSPS) is 11.7. The summed E-state index contributed by atoms with van der Waals surface area (Å²) in [6, 6.07) is 2.09. The summed E-state index contributed by atoms with van der Waals surface area (Å²) in [6.45, 7) is 25.1. The summed E-state index contributed by atoms with van der Waals surface area (Å²) in [6.07, 6.45) is 3.29. The third kappa shape index (κ3) is 18.7. The second-order valence-electron chi connectivity index (χ2n) is 9.04. The molecule has 0 N–H and O–H groups in total. The minimum atomic E-state index is -2.17. The molecule has 0 fully saturated rings. The molecule has 0 heterocycles. The molecule has 6 nitrogen and oxygen atoms in total. The van der Waals surface area contributed by atoms with Crippen LogP contribution in [0.15, 0.2) is 24.3 Å². The van der Waals surface area contributed by atoms with Gasteiger partial charge in [-0.05, 0) is 84.5 Å². The van der Waals surface area contributed by atoms with Crippen LogP contribution in [0.5, 0.6) is 0 Å². The van der Waals surface area contributed by atoms with Crippen molar-refractivity contribution in [1.29, 1.82) is 0 Å². The van der Waals surface area contributed by atoms with Crippen molar-refractivity contribution in [2.24, 2.45) is 0 Å². The molecule has 0 amide bonds. The molecular weight excluding hydrogens is 420 g/mol. The molecule has 168 valence electrons. The van der Waals surface area contributed by atoms with Crippen LogP contribution < -0.4 is 0 Å². The zero-order valence-electron chi connectivity index (χ0n) is 19.6. The third-order valence-electron chi connectivity index (χ3n) is 3.93. The smallest absolute Gasteiger partial charge is 0.373 e. The number of ether oxygens (including phenoxy) is 1. The molecule has 9 heteroatoms. The highest BCUT2D eigenvalue weighted by Gasteiger charge is 2.39. The van der Waals surface area contributed by atoms with Gasteiger partial charge < -0.3 is 13.0 Å². The van der Waals surface area contributed by atoms with Gasteiger partial charge in [-0.2, -0.15) is 9.59 Å². The first-order chi connectivity index (χ1) is 13.1. The number of hydrogen-bond donors (Lipinski definition) is 0. The van der Waals surface area contributed by atoms with Crippen LogP contribution in [0, 0.1) is 0 Å². The lowest BCUT2D eigenvalue weighted by atomic mass is 10.2. The van der Waals surface area contributed by atoms with Crippen molar-refractivity contribution in [1.82, 2.24) is 0 Å². The standard InChI is InChI=1S/C19H40O4Si3.CO2/c1-17(2)13-11-15-24(5,6)22-26(9,10)23-25(7,8)16-12-14-21-19(20)18(3)4;2-1-3/h1,3,11-16H2,2,4-10H3;. The number of esters is 1. The first kappa shape index (κ1) is 30.1. The van der Waals surface area contributed by atoms with Crippen molar-refractivity contribution >= 4 is 37.3 Å². The van der Waals surface area contributed by atoms with Crippen LogP contribution in [0.4, 0.5) is 0 Å². The maximum atomic E-state index is 11.4. The maximum Gasteiger partial charge on any atom is 0.373 e. The Labute approximate surface area is 180 Å². The second-order valence-corrected chi connectivity index (χ2v) is 21.5. The number of carbonyl (C=O) groups excluding carboxylic acids is 3. The molecule has 0 aromatic rings. The molecule has 0 unspecified atom stereocenters. The first-order valence-corrected chi connectivity index (χ1v) is 19.0. The average Bonchev–Trinajstić information content (AvgIpc) is 2.48. The van der Waals surface area contributed by atoms with Crippen LogP contribution in [0.25, 0.3) is 0 Å². The molecule has 0 saturated carbocycles. The molecule has 0 aromatic carbocycles. The van der Waals surface area contributed by atoms with Crippen molar-refractivity contribution in [3.05, 3.63) is 24.3 Å². The summed E-state index contributed by atoms with van der Waals surface area (Å²) in [5, 5.41) is 0. The number of rotatable bonds is 13. The van der Waals surface area contributed by atoms with E-state index >= 15 is 0 Å². The van der Waals surface area contributed by atoms with Crippen molar-refractivity contribution in [2.75, 3.05) is 6.61 Å². The summed E-state index contributed by atoms with van der Waals surface area (Å²) in [4.78, 5) is 27.7. The van der Waals surface area contributed by atoms with Gasteiger partial charge in [0, 0.05) is 5.57 Å². The summed E-state index contributed by atoms with van der Waals surface area (Å²) in [5.74, 6) is -0.314. The zero-order valence-corrected chi connectivity index (χ0v) is 22.6. The Morgan fingerprint density at radius 1 is 0.862 bits per heavy atom. The zero-order chi connectivity index (χ0) is 23.3. The van der Waals surface area contributed by atoms with Gasteiger partial charge in [0.25, 0.3) is 0 Å². The monoisotopic (exact) mass is 460 g/mol. The molecule has 0 aliphatic carbocycles.